The molecule has 0 aromatic carbocycles. The predicted octanol–water partition coefficient (Wildman–Crippen LogP) is 1.49. The Hall–Kier alpha value is -1.12. The van der Waals surface area contributed by atoms with Gasteiger partial charge in [0.2, 0.25) is 5.91 Å². The van der Waals surface area contributed by atoms with Crippen LogP contribution in [0.4, 0.5) is 0 Å². The van der Waals surface area contributed by atoms with Crippen molar-refractivity contribution in [2.24, 2.45) is 5.92 Å². The molecule has 3 heteroatoms. The van der Waals surface area contributed by atoms with Gasteiger partial charge in [-0.25, -0.2) is 0 Å². The highest BCUT2D eigenvalue weighted by Crippen LogP contribution is 2.33. The van der Waals surface area contributed by atoms with Crippen LogP contribution in [0.15, 0.2) is 11.3 Å². The van der Waals surface area contributed by atoms with Gasteiger partial charge in [0.05, 0.1) is 0 Å². The molecule has 0 aromatic heterocycles. The maximum absolute atomic E-state index is 11.7. The van der Waals surface area contributed by atoms with Gasteiger partial charge >= 0.3 is 0 Å². The summed E-state index contributed by atoms with van der Waals surface area (Å²) in [7, 11) is 1.78. The van der Waals surface area contributed by atoms with Crippen molar-refractivity contribution in [1.29, 1.82) is 0 Å². The van der Waals surface area contributed by atoms with Crippen molar-refractivity contribution in [3.8, 4) is 0 Å². The second-order valence-electron chi connectivity index (χ2n) is 4.20. The molecular weight excluding hydrogens is 178 g/mol. The third-order valence-corrected chi connectivity index (χ3v) is 3.17. The Balaban J connectivity index is 2.41. The van der Waals surface area contributed by atoms with E-state index in [0.29, 0.717) is 12.8 Å². The van der Waals surface area contributed by atoms with Crippen molar-refractivity contribution in [3.63, 3.8) is 0 Å². The Morgan fingerprint density at radius 3 is 2.71 bits per heavy atom. The summed E-state index contributed by atoms with van der Waals surface area (Å²) in [6, 6.07) is 0. The van der Waals surface area contributed by atoms with Gasteiger partial charge in [-0.2, -0.15) is 0 Å². The minimum Gasteiger partial charge on any atom is -0.319 e. The zero-order valence-corrected chi connectivity index (χ0v) is 8.67. The van der Waals surface area contributed by atoms with Crippen LogP contribution in [0.25, 0.3) is 0 Å². The van der Waals surface area contributed by atoms with E-state index in [2.05, 4.69) is 0 Å². The molecule has 0 N–H and O–H groups in total. The first-order chi connectivity index (χ1) is 6.61. The Kier molecular flexibility index (Phi) is 2.17. The number of Topliss-reactive ketones (excluding diaryl/α,β-unsaturated/α-hetero) is 1. The molecule has 1 atom stereocenters. The molecule has 3 nitrogen and oxygen atoms in total. The number of nitrogens with zero attached hydrogens (tertiary/aromatic N) is 1. The summed E-state index contributed by atoms with van der Waals surface area (Å²) in [6.45, 7) is 1.89. The zero-order valence-electron chi connectivity index (χ0n) is 8.67. The summed E-state index contributed by atoms with van der Waals surface area (Å²) in [4.78, 5) is 25.0. The monoisotopic (exact) mass is 193 g/mol. The van der Waals surface area contributed by atoms with Crippen LogP contribution in [0, 0.1) is 5.92 Å². The average molecular weight is 193 g/mol. The normalized spacial score (nSPS) is 28.1. The lowest BCUT2D eigenvalue weighted by atomic mass is 9.84. The molecule has 0 spiro atoms. The van der Waals surface area contributed by atoms with E-state index in [-0.39, 0.29) is 17.6 Å². The van der Waals surface area contributed by atoms with Gasteiger partial charge in [0.1, 0.15) is 0 Å². The zero-order chi connectivity index (χ0) is 10.3. The molecule has 0 saturated heterocycles. The maximum Gasteiger partial charge on any atom is 0.229 e. The molecule has 1 unspecified atom stereocenters. The van der Waals surface area contributed by atoms with Crippen molar-refractivity contribution >= 4 is 11.7 Å². The molecule has 0 aromatic rings. The molecule has 1 amide bonds. The Morgan fingerprint density at radius 1 is 1.29 bits per heavy atom. The quantitative estimate of drug-likeness (QED) is 0.584. The van der Waals surface area contributed by atoms with Crippen molar-refractivity contribution in [2.45, 2.75) is 32.6 Å². The van der Waals surface area contributed by atoms with E-state index >= 15 is 0 Å². The number of carbonyl (C=O) groups excluding carboxylic acids is 2. The summed E-state index contributed by atoms with van der Waals surface area (Å²) in [5, 5.41) is 0. The average Bonchev–Trinajstić information content (AvgIpc) is 2.17. The number of hydrogen-bond acceptors (Lipinski definition) is 2. The number of hydrogen-bond donors (Lipinski definition) is 0. The second-order valence-corrected chi connectivity index (χ2v) is 4.20. The minimum absolute atomic E-state index is 0.0270. The van der Waals surface area contributed by atoms with Gasteiger partial charge in [0.15, 0.2) is 5.78 Å². The highest BCUT2D eigenvalue weighted by molar-refractivity contribution is 5.99. The standard InChI is InChI=1S/C11H15NO2/c1-7-6-8-9(12(2)11(7)14)4-3-5-10(8)13/h7H,3-6H2,1-2H3. The fourth-order valence-electron chi connectivity index (χ4n) is 2.34. The van der Waals surface area contributed by atoms with Crippen LogP contribution in [0.5, 0.6) is 0 Å². The number of amides is 1. The molecule has 1 aliphatic heterocycles. The smallest absolute Gasteiger partial charge is 0.229 e. The summed E-state index contributed by atoms with van der Waals surface area (Å²) in [5.41, 5.74) is 1.88. The topological polar surface area (TPSA) is 37.4 Å². The molecule has 2 rings (SSSR count). The Morgan fingerprint density at radius 2 is 2.00 bits per heavy atom. The molecular formula is C11H15NO2. The van der Waals surface area contributed by atoms with Crippen LogP contribution >= 0.6 is 0 Å². The summed E-state index contributed by atoms with van der Waals surface area (Å²) in [5.74, 6) is 0.372. The lowest BCUT2D eigenvalue weighted by Gasteiger charge is -2.34. The SMILES string of the molecule is CC1CC2=C(CCCC2=O)N(C)C1=O. The fraction of sp³-hybridized carbons (Fsp3) is 0.636. The van der Waals surface area contributed by atoms with Gasteiger partial charge in [-0.1, -0.05) is 6.92 Å². The van der Waals surface area contributed by atoms with Crippen LogP contribution in [-0.2, 0) is 9.59 Å². The van der Waals surface area contributed by atoms with Gasteiger partial charge in [-0.15, -0.1) is 0 Å². The van der Waals surface area contributed by atoms with E-state index in [0.717, 1.165) is 24.1 Å². The number of carbonyl (C=O) groups is 2. The van der Waals surface area contributed by atoms with Gasteiger partial charge in [-0.05, 0) is 19.3 Å². The van der Waals surface area contributed by atoms with Crippen molar-refractivity contribution in [1.82, 2.24) is 4.90 Å². The summed E-state index contributed by atoms with van der Waals surface area (Å²) >= 11 is 0. The summed E-state index contributed by atoms with van der Waals surface area (Å²) in [6.07, 6.45) is 3.09. The number of rotatable bonds is 0. The molecule has 76 valence electrons. The minimum atomic E-state index is -0.0270. The molecule has 1 heterocycles. The van der Waals surface area contributed by atoms with Crippen molar-refractivity contribution in [3.05, 3.63) is 11.3 Å². The molecule has 14 heavy (non-hydrogen) atoms. The molecule has 1 aliphatic carbocycles. The van der Waals surface area contributed by atoms with Crippen molar-refractivity contribution < 1.29 is 9.59 Å². The van der Waals surface area contributed by atoms with Gasteiger partial charge in [-0.3, -0.25) is 9.59 Å². The van der Waals surface area contributed by atoms with Gasteiger partial charge < -0.3 is 4.90 Å². The summed E-state index contributed by atoms with van der Waals surface area (Å²) < 4.78 is 0. The fourth-order valence-corrected chi connectivity index (χ4v) is 2.34. The first-order valence-corrected chi connectivity index (χ1v) is 5.14. The third kappa shape index (κ3) is 1.27. The second kappa shape index (κ2) is 3.23. The molecule has 0 saturated carbocycles. The van der Waals surface area contributed by atoms with Crippen LogP contribution in [0.3, 0.4) is 0 Å². The van der Waals surface area contributed by atoms with E-state index in [9.17, 15) is 9.59 Å². The van der Waals surface area contributed by atoms with E-state index < -0.39 is 0 Å². The van der Waals surface area contributed by atoms with Crippen LogP contribution in [0.2, 0.25) is 0 Å². The first-order valence-electron chi connectivity index (χ1n) is 5.14. The number of allylic oxidation sites excluding steroid dienone is 2. The van der Waals surface area contributed by atoms with Crippen LogP contribution in [-0.4, -0.2) is 23.6 Å². The Labute approximate surface area is 83.8 Å². The van der Waals surface area contributed by atoms with Crippen molar-refractivity contribution in [2.75, 3.05) is 7.05 Å². The largest absolute Gasteiger partial charge is 0.319 e. The lowest BCUT2D eigenvalue weighted by Crippen LogP contribution is -2.39. The predicted molar refractivity (Wildman–Crippen MR) is 52.4 cm³/mol. The molecule has 0 radical (unpaired) electrons. The first kappa shape index (κ1) is 9.44. The molecule has 2 aliphatic rings. The number of ketones is 1. The molecule has 0 fully saturated rings. The van der Waals surface area contributed by atoms with E-state index in [1.54, 1.807) is 11.9 Å². The molecule has 0 bridgehead atoms. The van der Waals surface area contributed by atoms with E-state index in [1.165, 1.54) is 0 Å². The maximum atomic E-state index is 11.7. The lowest BCUT2D eigenvalue weighted by molar-refractivity contribution is -0.133. The highest BCUT2D eigenvalue weighted by atomic mass is 16.2. The van der Waals surface area contributed by atoms with Gasteiger partial charge in [0, 0.05) is 30.7 Å². The van der Waals surface area contributed by atoms with Crippen LogP contribution < -0.4 is 0 Å². The third-order valence-electron chi connectivity index (χ3n) is 3.17. The highest BCUT2D eigenvalue weighted by Gasteiger charge is 2.33. The van der Waals surface area contributed by atoms with Gasteiger partial charge in [0.25, 0.3) is 0 Å². The van der Waals surface area contributed by atoms with E-state index in [4.69, 9.17) is 0 Å². The van der Waals surface area contributed by atoms with Crippen LogP contribution in [0.1, 0.15) is 32.6 Å². The Bertz CT molecular complexity index is 330. The van der Waals surface area contributed by atoms with E-state index in [1.807, 2.05) is 6.92 Å².